The molecule has 24 heavy (non-hydrogen) atoms. The second kappa shape index (κ2) is 11.1. The molecule has 0 N–H and O–H groups in total. The van der Waals surface area contributed by atoms with Crippen molar-refractivity contribution in [1.29, 1.82) is 5.26 Å². The maximum absolute atomic E-state index is 9.13. The lowest BCUT2D eigenvalue weighted by Crippen LogP contribution is -2.27. The highest BCUT2D eigenvalue weighted by atomic mass is 16.5. The van der Waals surface area contributed by atoms with Crippen molar-refractivity contribution in [1.82, 2.24) is 14.9 Å². The molecule has 2 heterocycles. The van der Waals surface area contributed by atoms with Gasteiger partial charge in [-0.25, -0.2) is 4.98 Å². The lowest BCUT2D eigenvalue weighted by molar-refractivity contribution is 0.222. The minimum absolute atomic E-state index is 0.334. The molecule has 0 bridgehead atoms. The van der Waals surface area contributed by atoms with E-state index in [2.05, 4.69) is 34.8 Å². The van der Waals surface area contributed by atoms with Gasteiger partial charge >= 0.3 is 0 Å². The van der Waals surface area contributed by atoms with Gasteiger partial charge in [0.25, 0.3) is 0 Å². The van der Waals surface area contributed by atoms with Crippen LogP contribution in [0, 0.1) is 11.3 Å². The Morgan fingerprint density at radius 1 is 1.12 bits per heavy atom. The zero-order chi connectivity index (χ0) is 17.8. The molecule has 0 saturated carbocycles. The van der Waals surface area contributed by atoms with Gasteiger partial charge in [-0.1, -0.05) is 33.8 Å². The zero-order valence-electron chi connectivity index (χ0n) is 15.0. The van der Waals surface area contributed by atoms with E-state index in [1.165, 1.54) is 0 Å². The molecule has 0 saturated heterocycles. The maximum Gasteiger partial charge on any atom is 0.144 e. The predicted molar refractivity (Wildman–Crippen MR) is 96.8 cm³/mol. The molecule has 0 unspecified atom stereocenters. The number of likely N-dealkylation sites (N-methyl/N-ethyl adjacent to an activating group) is 1. The first kappa shape index (κ1) is 19.6. The van der Waals surface area contributed by atoms with Crippen molar-refractivity contribution in [3.8, 4) is 23.2 Å². The zero-order valence-corrected chi connectivity index (χ0v) is 15.0. The second-order valence-corrected chi connectivity index (χ2v) is 4.78. The van der Waals surface area contributed by atoms with Crippen molar-refractivity contribution >= 4 is 0 Å². The summed E-state index contributed by atoms with van der Waals surface area (Å²) in [6.07, 6.45) is 1.71. The van der Waals surface area contributed by atoms with E-state index in [9.17, 15) is 0 Å². The van der Waals surface area contributed by atoms with Crippen LogP contribution < -0.4 is 4.74 Å². The first-order valence-corrected chi connectivity index (χ1v) is 8.45. The van der Waals surface area contributed by atoms with Gasteiger partial charge in [0.1, 0.15) is 24.1 Å². The molecule has 2 aromatic rings. The average Bonchev–Trinajstić information content (AvgIpc) is 2.67. The van der Waals surface area contributed by atoms with Crippen LogP contribution in [0.5, 0.6) is 5.75 Å². The summed E-state index contributed by atoms with van der Waals surface area (Å²) in [5.41, 5.74) is 1.71. The first-order valence-electron chi connectivity index (χ1n) is 8.45. The van der Waals surface area contributed by atoms with Crippen LogP contribution >= 0.6 is 0 Å². The van der Waals surface area contributed by atoms with E-state index in [4.69, 9.17) is 10.00 Å². The van der Waals surface area contributed by atoms with E-state index in [1.807, 2.05) is 38.1 Å². The van der Waals surface area contributed by atoms with Gasteiger partial charge in [-0.15, -0.1) is 0 Å². The fourth-order valence-corrected chi connectivity index (χ4v) is 2.12. The monoisotopic (exact) mass is 326 g/mol. The highest BCUT2D eigenvalue weighted by molar-refractivity contribution is 5.57. The third-order valence-electron chi connectivity index (χ3n) is 3.41. The largest absolute Gasteiger partial charge is 0.492 e. The van der Waals surface area contributed by atoms with Crippen molar-refractivity contribution in [3.05, 3.63) is 42.2 Å². The van der Waals surface area contributed by atoms with Crippen LogP contribution in [-0.4, -0.2) is 41.1 Å². The van der Waals surface area contributed by atoms with Gasteiger partial charge in [0.15, 0.2) is 0 Å². The fourth-order valence-electron chi connectivity index (χ4n) is 2.12. The molecule has 2 aromatic heterocycles. The molecule has 0 amide bonds. The van der Waals surface area contributed by atoms with Gasteiger partial charge < -0.3 is 9.64 Å². The van der Waals surface area contributed by atoms with Gasteiger partial charge in [0, 0.05) is 24.9 Å². The maximum atomic E-state index is 9.13. The number of rotatable bonds is 7. The molecular weight excluding hydrogens is 300 g/mol. The first-order chi connectivity index (χ1) is 11.8. The number of hydrogen-bond donors (Lipinski definition) is 0. The highest BCUT2D eigenvalue weighted by Gasteiger charge is 2.07. The van der Waals surface area contributed by atoms with E-state index in [0.717, 1.165) is 25.3 Å². The van der Waals surface area contributed by atoms with Crippen molar-refractivity contribution in [2.24, 2.45) is 0 Å². The Kier molecular flexibility index (Phi) is 9.10. The molecule has 5 nitrogen and oxygen atoms in total. The van der Waals surface area contributed by atoms with Crippen LogP contribution in [0.15, 0.2) is 36.5 Å². The Morgan fingerprint density at radius 2 is 1.88 bits per heavy atom. The van der Waals surface area contributed by atoms with Gasteiger partial charge in [-0.3, -0.25) is 4.98 Å². The van der Waals surface area contributed by atoms with Crippen LogP contribution in [0.1, 0.15) is 33.4 Å². The predicted octanol–water partition coefficient (Wildman–Crippen LogP) is 3.76. The Bertz CT molecular complexity index is 634. The molecule has 0 aromatic carbocycles. The molecular formula is C19H26N4O. The number of nitrogens with zero attached hydrogens (tertiary/aromatic N) is 4. The molecule has 0 fully saturated rings. The van der Waals surface area contributed by atoms with Crippen molar-refractivity contribution in [2.75, 3.05) is 26.2 Å². The summed E-state index contributed by atoms with van der Waals surface area (Å²) in [5.74, 6) is 0.652. The SMILES string of the molecule is CC.CCN(CC)CCOc1cc(C#N)nc(-c2ccccn2)c1. The van der Waals surface area contributed by atoms with E-state index < -0.39 is 0 Å². The van der Waals surface area contributed by atoms with Gasteiger partial charge in [0.05, 0.1) is 11.4 Å². The average molecular weight is 326 g/mol. The molecule has 0 aliphatic heterocycles. The number of pyridine rings is 2. The summed E-state index contributed by atoms with van der Waals surface area (Å²) in [6.45, 7) is 11.7. The van der Waals surface area contributed by atoms with Crippen LogP contribution in [0.3, 0.4) is 0 Å². The molecule has 0 aliphatic rings. The summed E-state index contributed by atoms with van der Waals surface area (Å²) in [5, 5.41) is 9.13. The summed E-state index contributed by atoms with van der Waals surface area (Å²) in [4.78, 5) is 10.8. The van der Waals surface area contributed by atoms with E-state index in [1.54, 1.807) is 12.3 Å². The van der Waals surface area contributed by atoms with Gasteiger partial charge in [-0.2, -0.15) is 5.26 Å². The molecule has 5 heteroatoms. The Morgan fingerprint density at radius 3 is 2.46 bits per heavy atom. The number of ether oxygens (including phenoxy) is 1. The van der Waals surface area contributed by atoms with Crippen LogP contribution in [0.2, 0.25) is 0 Å². The van der Waals surface area contributed by atoms with Gasteiger partial charge in [0.2, 0.25) is 0 Å². The minimum atomic E-state index is 0.334. The van der Waals surface area contributed by atoms with Crippen molar-refractivity contribution in [3.63, 3.8) is 0 Å². The molecule has 2 rings (SSSR count). The van der Waals surface area contributed by atoms with E-state index >= 15 is 0 Å². The van der Waals surface area contributed by atoms with Crippen LogP contribution in [-0.2, 0) is 0 Å². The van der Waals surface area contributed by atoms with E-state index in [-0.39, 0.29) is 0 Å². The van der Waals surface area contributed by atoms with Crippen LogP contribution in [0.4, 0.5) is 0 Å². The Balaban J connectivity index is 0.00000139. The lowest BCUT2D eigenvalue weighted by atomic mass is 10.2. The quantitative estimate of drug-likeness (QED) is 0.775. The number of hydrogen-bond acceptors (Lipinski definition) is 5. The minimum Gasteiger partial charge on any atom is -0.492 e. The van der Waals surface area contributed by atoms with Gasteiger partial charge in [-0.05, 0) is 25.2 Å². The van der Waals surface area contributed by atoms with Crippen LogP contribution in [0.25, 0.3) is 11.4 Å². The lowest BCUT2D eigenvalue weighted by Gasteiger charge is -2.18. The summed E-state index contributed by atoms with van der Waals surface area (Å²) >= 11 is 0. The number of nitriles is 1. The normalized spacial score (nSPS) is 9.83. The fraction of sp³-hybridized carbons (Fsp3) is 0.421. The summed E-state index contributed by atoms with van der Waals surface area (Å²) in [6, 6.07) is 11.2. The highest BCUT2D eigenvalue weighted by Crippen LogP contribution is 2.21. The smallest absolute Gasteiger partial charge is 0.144 e. The molecule has 0 radical (unpaired) electrons. The van der Waals surface area contributed by atoms with Crippen molar-refractivity contribution < 1.29 is 4.74 Å². The molecule has 0 spiro atoms. The second-order valence-electron chi connectivity index (χ2n) is 4.78. The topological polar surface area (TPSA) is 62.0 Å². The summed E-state index contributed by atoms with van der Waals surface area (Å²) < 4.78 is 5.78. The number of aromatic nitrogens is 2. The standard InChI is InChI=1S/C17H20N4O.C2H6/c1-3-21(4-2)9-10-22-15-11-14(13-18)20-17(12-15)16-7-5-6-8-19-16;1-2/h5-8,11-12H,3-4,9-10H2,1-2H3;1-2H3. The third kappa shape index (κ3) is 5.98. The van der Waals surface area contributed by atoms with E-state index in [0.29, 0.717) is 23.7 Å². The molecule has 0 atom stereocenters. The Labute approximate surface area is 144 Å². The summed E-state index contributed by atoms with van der Waals surface area (Å²) in [7, 11) is 0. The molecule has 0 aliphatic carbocycles. The van der Waals surface area contributed by atoms with Crippen molar-refractivity contribution in [2.45, 2.75) is 27.7 Å². The Hall–Kier alpha value is -2.45. The molecule has 128 valence electrons. The third-order valence-corrected chi connectivity index (χ3v) is 3.41.